The van der Waals surface area contributed by atoms with Crippen molar-refractivity contribution in [1.82, 2.24) is 5.32 Å². The quantitative estimate of drug-likeness (QED) is 0.822. The molecule has 5 heteroatoms. The predicted molar refractivity (Wildman–Crippen MR) is 70.9 cm³/mol. The largest absolute Gasteiger partial charge is 0.508 e. The lowest BCUT2D eigenvalue weighted by molar-refractivity contribution is -0.113. The van der Waals surface area contributed by atoms with Crippen LogP contribution < -0.4 is 5.32 Å². The lowest BCUT2D eigenvalue weighted by atomic mass is 9.93. The van der Waals surface area contributed by atoms with Gasteiger partial charge in [0.2, 0.25) is 0 Å². The van der Waals surface area contributed by atoms with E-state index in [1.807, 2.05) is 0 Å². The van der Waals surface area contributed by atoms with E-state index in [0.717, 1.165) is 0 Å². The third kappa shape index (κ3) is 3.98. The molecule has 19 heavy (non-hydrogen) atoms. The number of nitrogens with one attached hydrogen (secondary N) is 1. The Hall–Kier alpha value is -2.04. The summed E-state index contributed by atoms with van der Waals surface area (Å²) in [6, 6.07) is 6.33. The second kappa shape index (κ2) is 5.30. The van der Waals surface area contributed by atoms with E-state index >= 15 is 0 Å². The molecule has 0 bridgehead atoms. The van der Waals surface area contributed by atoms with Gasteiger partial charge in [0.1, 0.15) is 23.2 Å². The first-order chi connectivity index (χ1) is 8.68. The Morgan fingerprint density at radius 2 is 1.84 bits per heavy atom. The van der Waals surface area contributed by atoms with Crippen molar-refractivity contribution in [3.05, 3.63) is 29.8 Å². The Balaban J connectivity index is 2.97. The van der Waals surface area contributed by atoms with Gasteiger partial charge < -0.3 is 20.0 Å². The fourth-order valence-corrected chi connectivity index (χ4v) is 1.59. The minimum Gasteiger partial charge on any atom is -0.508 e. The molecule has 0 spiro atoms. The molecule has 1 aromatic carbocycles. The van der Waals surface area contributed by atoms with E-state index in [0.29, 0.717) is 11.8 Å². The molecular formula is C14H19NO4. The summed E-state index contributed by atoms with van der Waals surface area (Å²) >= 11 is 0. The summed E-state index contributed by atoms with van der Waals surface area (Å²) in [5.41, 5.74) is -1.68. The van der Waals surface area contributed by atoms with Crippen LogP contribution in [0, 0.1) is 0 Å². The molecule has 1 rings (SSSR count). The molecule has 0 aromatic heterocycles. The number of phenols is 1. The number of para-hydroxylation sites is 1. The van der Waals surface area contributed by atoms with Crippen molar-refractivity contribution in [2.24, 2.45) is 0 Å². The zero-order valence-corrected chi connectivity index (χ0v) is 11.6. The maximum absolute atomic E-state index is 11.7. The molecule has 2 N–H and O–H groups in total. The minimum absolute atomic E-state index is 0.0619. The Morgan fingerprint density at radius 3 is 2.32 bits per heavy atom. The molecule has 0 aliphatic heterocycles. The number of amides is 1. The third-order valence-electron chi connectivity index (χ3n) is 2.46. The molecule has 1 unspecified atom stereocenters. The van der Waals surface area contributed by atoms with E-state index in [2.05, 4.69) is 5.32 Å². The van der Waals surface area contributed by atoms with Crippen LogP contribution in [0.3, 0.4) is 0 Å². The molecule has 1 aromatic rings. The van der Waals surface area contributed by atoms with E-state index < -0.39 is 17.2 Å². The summed E-state index contributed by atoms with van der Waals surface area (Å²) in [6.45, 7) is 6.68. The van der Waals surface area contributed by atoms with Crippen molar-refractivity contribution in [3.63, 3.8) is 0 Å². The van der Waals surface area contributed by atoms with Crippen LogP contribution in [-0.2, 0) is 15.1 Å². The molecule has 1 atom stereocenters. The lowest BCUT2D eigenvalue weighted by Crippen LogP contribution is -2.46. The molecule has 104 valence electrons. The summed E-state index contributed by atoms with van der Waals surface area (Å²) in [5.74, 6) is -0.0619. The van der Waals surface area contributed by atoms with Crippen LogP contribution in [0.25, 0.3) is 0 Å². The van der Waals surface area contributed by atoms with Gasteiger partial charge in [-0.15, -0.1) is 0 Å². The highest BCUT2D eigenvalue weighted by Crippen LogP contribution is 2.27. The number of benzene rings is 1. The number of rotatable bonds is 3. The smallest absolute Gasteiger partial charge is 0.408 e. The number of aldehydes is 1. The molecule has 1 amide bonds. The van der Waals surface area contributed by atoms with Crippen molar-refractivity contribution in [3.8, 4) is 5.75 Å². The first-order valence-electron chi connectivity index (χ1n) is 5.94. The Morgan fingerprint density at radius 1 is 1.26 bits per heavy atom. The van der Waals surface area contributed by atoms with Gasteiger partial charge in [-0.25, -0.2) is 4.79 Å². The number of carbonyl (C=O) groups excluding carboxylic acids is 2. The van der Waals surface area contributed by atoms with Crippen LogP contribution in [0.1, 0.15) is 33.3 Å². The van der Waals surface area contributed by atoms with Gasteiger partial charge in [-0.1, -0.05) is 18.2 Å². The first kappa shape index (κ1) is 15.0. The average molecular weight is 265 g/mol. The summed E-state index contributed by atoms with van der Waals surface area (Å²) in [6.07, 6.45) is -0.156. The van der Waals surface area contributed by atoms with Crippen molar-refractivity contribution in [2.45, 2.75) is 38.8 Å². The molecule has 0 saturated carbocycles. The van der Waals surface area contributed by atoms with Gasteiger partial charge in [0, 0.05) is 5.56 Å². The van der Waals surface area contributed by atoms with Crippen molar-refractivity contribution < 1.29 is 19.4 Å². The van der Waals surface area contributed by atoms with E-state index in [9.17, 15) is 14.7 Å². The number of aromatic hydroxyl groups is 1. The van der Waals surface area contributed by atoms with Crippen molar-refractivity contribution in [2.75, 3.05) is 0 Å². The zero-order chi connectivity index (χ0) is 14.7. The van der Waals surface area contributed by atoms with Crippen LogP contribution in [0.4, 0.5) is 4.79 Å². The van der Waals surface area contributed by atoms with Gasteiger partial charge in [-0.3, -0.25) is 0 Å². The Labute approximate surface area is 112 Å². The SMILES string of the molecule is CC(C)(C)OC(=O)NC(C)(C=O)c1ccccc1O. The van der Waals surface area contributed by atoms with Gasteiger partial charge in [-0.2, -0.15) is 0 Å². The monoisotopic (exact) mass is 265 g/mol. The number of ether oxygens (including phenoxy) is 1. The maximum atomic E-state index is 11.7. The molecule has 0 aliphatic rings. The minimum atomic E-state index is -1.34. The molecule has 0 fully saturated rings. The molecule has 0 aliphatic carbocycles. The molecule has 0 radical (unpaired) electrons. The summed E-state index contributed by atoms with van der Waals surface area (Å²) in [5, 5.41) is 12.2. The molecule has 5 nitrogen and oxygen atoms in total. The summed E-state index contributed by atoms with van der Waals surface area (Å²) in [4.78, 5) is 23.0. The number of alkyl carbamates (subject to hydrolysis) is 1. The standard InChI is InChI=1S/C14H19NO4/c1-13(2,3)19-12(18)15-14(4,9-16)10-7-5-6-8-11(10)17/h5-9,17H,1-4H3,(H,15,18). The maximum Gasteiger partial charge on any atom is 0.408 e. The highest BCUT2D eigenvalue weighted by Gasteiger charge is 2.32. The fraction of sp³-hybridized carbons (Fsp3) is 0.429. The van der Waals surface area contributed by atoms with Gasteiger partial charge in [0.25, 0.3) is 0 Å². The second-order valence-electron chi connectivity index (χ2n) is 5.46. The number of hydrogen-bond acceptors (Lipinski definition) is 4. The van der Waals surface area contributed by atoms with E-state index in [4.69, 9.17) is 4.74 Å². The number of hydrogen-bond donors (Lipinski definition) is 2. The van der Waals surface area contributed by atoms with Crippen LogP contribution >= 0.6 is 0 Å². The molecule has 0 heterocycles. The van der Waals surface area contributed by atoms with Crippen LogP contribution in [0.2, 0.25) is 0 Å². The van der Waals surface area contributed by atoms with E-state index in [-0.39, 0.29) is 5.75 Å². The van der Waals surface area contributed by atoms with Crippen LogP contribution in [-0.4, -0.2) is 23.1 Å². The third-order valence-corrected chi connectivity index (χ3v) is 2.46. The average Bonchev–Trinajstić information content (AvgIpc) is 2.26. The van der Waals surface area contributed by atoms with E-state index in [1.54, 1.807) is 39.0 Å². The molecular weight excluding hydrogens is 246 g/mol. The molecule has 0 saturated heterocycles. The zero-order valence-electron chi connectivity index (χ0n) is 11.6. The number of carbonyl (C=O) groups is 2. The normalized spacial score (nSPS) is 14.3. The van der Waals surface area contributed by atoms with Crippen molar-refractivity contribution >= 4 is 12.4 Å². The fourth-order valence-electron chi connectivity index (χ4n) is 1.59. The Kier molecular flexibility index (Phi) is 4.19. The Bertz CT molecular complexity index is 479. The number of phenolic OH excluding ortho intramolecular Hbond substituents is 1. The van der Waals surface area contributed by atoms with Crippen LogP contribution in [0.15, 0.2) is 24.3 Å². The van der Waals surface area contributed by atoms with Crippen molar-refractivity contribution in [1.29, 1.82) is 0 Å². The second-order valence-corrected chi connectivity index (χ2v) is 5.46. The summed E-state index contributed by atoms with van der Waals surface area (Å²) < 4.78 is 5.11. The highest BCUT2D eigenvalue weighted by molar-refractivity contribution is 5.78. The van der Waals surface area contributed by atoms with E-state index in [1.165, 1.54) is 13.0 Å². The lowest BCUT2D eigenvalue weighted by Gasteiger charge is -2.28. The van der Waals surface area contributed by atoms with Gasteiger partial charge in [0.05, 0.1) is 0 Å². The first-order valence-corrected chi connectivity index (χ1v) is 5.94. The predicted octanol–water partition coefficient (Wildman–Crippen LogP) is 2.33. The van der Waals surface area contributed by atoms with Crippen LogP contribution in [0.5, 0.6) is 5.75 Å². The summed E-state index contributed by atoms with van der Waals surface area (Å²) in [7, 11) is 0. The van der Waals surface area contributed by atoms with Gasteiger partial charge in [-0.05, 0) is 33.8 Å². The van der Waals surface area contributed by atoms with Gasteiger partial charge in [0.15, 0.2) is 0 Å². The topological polar surface area (TPSA) is 75.6 Å². The van der Waals surface area contributed by atoms with Gasteiger partial charge >= 0.3 is 6.09 Å². The highest BCUT2D eigenvalue weighted by atomic mass is 16.6.